The molecular weight excluding hydrogens is 493 g/mol. The summed E-state index contributed by atoms with van der Waals surface area (Å²) in [6.45, 7) is 2.06. The van der Waals surface area contributed by atoms with Crippen molar-refractivity contribution in [3.05, 3.63) is 98.4 Å². The predicted octanol–water partition coefficient (Wildman–Crippen LogP) is 5.64. The summed E-state index contributed by atoms with van der Waals surface area (Å²) in [7, 11) is 0. The number of amides is 2. The zero-order valence-corrected chi connectivity index (χ0v) is 20.4. The summed E-state index contributed by atoms with van der Waals surface area (Å²) >= 11 is 13.6. The first-order valence-corrected chi connectivity index (χ1v) is 12.0. The Balaban J connectivity index is 1.70. The topological polar surface area (TPSA) is 86.3 Å². The van der Waals surface area contributed by atoms with Gasteiger partial charge in [-0.3, -0.25) is 14.5 Å². The van der Waals surface area contributed by atoms with Gasteiger partial charge >= 0.3 is 0 Å². The van der Waals surface area contributed by atoms with Gasteiger partial charge in [-0.15, -0.1) is 0 Å². The summed E-state index contributed by atoms with van der Waals surface area (Å²) in [4.78, 5) is 27.9. The van der Waals surface area contributed by atoms with Gasteiger partial charge in [0.2, 0.25) is 5.91 Å². The summed E-state index contributed by atoms with van der Waals surface area (Å²) in [5.41, 5.74) is 2.16. The minimum absolute atomic E-state index is 0.120. The van der Waals surface area contributed by atoms with Crippen LogP contribution in [0.25, 0.3) is 0 Å². The molecule has 4 rings (SSSR count). The number of benzene rings is 2. The number of nitrogens with one attached hydrogen (secondary N) is 1. The van der Waals surface area contributed by atoms with E-state index < -0.39 is 11.2 Å². The fourth-order valence-corrected chi connectivity index (χ4v) is 5.17. The molecule has 34 heavy (non-hydrogen) atoms. The molecule has 1 saturated heterocycles. The summed E-state index contributed by atoms with van der Waals surface area (Å²) in [5.74, 6) is -0.283. The van der Waals surface area contributed by atoms with Crippen molar-refractivity contribution < 1.29 is 14.0 Å². The van der Waals surface area contributed by atoms with Crippen LogP contribution < -0.4 is 10.2 Å². The van der Waals surface area contributed by atoms with Gasteiger partial charge in [0.1, 0.15) is 22.4 Å². The highest BCUT2D eigenvalue weighted by Crippen LogP contribution is 2.42. The SMILES string of the molecule is Cc1ccc(N2C(=O)[C@H](Cc3cc(Cl)ccc3Cl)S/C2=C(\C#N)C(=O)NCc2ccco2)cc1. The van der Waals surface area contributed by atoms with Crippen LogP contribution in [0.15, 0.2) is 75.9 Å². The number of anilines is 1. The van der Waals surface area contributed by atoms with E-state index in [4.69, 9.17) is 27.6 Å². The first kappa shape index (κ1) is 24.0. The molecule has 1 aliphatic heterocycles. The number of nitrogens with zero attached hydrogens (tertiary/aromatic N) is 2. The monoisotopic (exact) mass is 511 g/mol. The second-order valence-electron chi connectivity index (χ2n) is 7.61. The minimum atomic E-state index is -0.590. The standard InChI is InChI=1S/C25H19Cl2N3O3S/c1-15-4-7-18(8-5-15)30-24(32)22(12-16-11-17(26)6-9-21(16)27)34-25(30)20(13-28)23(31)29-14-19-3-2-10-33-19/h2-11,22H,12,14H2,1H3,(H,29,31)/b25-20+/t22-/m0/s1. The summed E-state index contributed by atoms with van der Waals surface area (Å²) in [6.07, 6.45) is 1.79. The smallest absolute Gasteiger partial charge is 0.265 e. The molecule has 172 valence electrons. The van der Waals surface area contributed by atoms with E-state index in [1.165, 1.54) is 22.9 Å². The normalized spacial score (nSPS) is 16.9. The van der Waals surface area contributed by atoms with Gasteiger partial charge < -0.3 is 9.73 Å². The van der Waals surface area contributed by atoms with Gasteiger partial charge in [0.15, 0.2) is 0 Å². The Morgan fingerprint density at radius 2 is 1.97 bits per heavy atom. The average Bonchev–Trinajstić information content (AvgIpc) is 3.45. The Morgan fingerprint density at radius 1 is 1.21 bits per heavy atom. The zero-order chi connectivity index (χ0) is 24.2. The van der Waals surface area contributed by atoms with E-state index >= 15 is 0 Å². The van der Waals surface area contributed by atoms with Crippen molar-refractivity contribution in [3.63, 3.8) is 0 Å². The third-order valence-corrected chi connectivity index (χ3v) is 7.08. The first-order chi connectivity index (χ1) is 16.4. The molecule has 0 radical (unpaired) electrons. The molecule has 2 amide bonds. The quantitative estimate of drug-likeness (QED) is 0.342. The number of halogens is 2. The van der Waals surface area contributed by atoms with Gasteiger partial charge in [-0.2, -0.15) is 5.26 Å². The number of nitriles is 1. The fourth-order valence-electron chi connectivity index (χ4n) is 3.48. The maximum absolute atomic E-state index is 13.5. The van der Waals surface area contributed by atoms with E-state index in [0.29, 0.717) is 33.5 Å². The third kappa shape index (κ3) is 5.15. The van der Waals surface area contributed by atoms with Crippen LogP contribution in [0.5, 0.6) is 0 Å². The molecule has 0 unspecified atom stereocenters. The number of rotatable bonds is 6. The Labute approximate surface area is 211 Å². The lowest BCUT2D eigenvalue weighted by atomic mass is 10.1. The Bertz CT molecular complexity index is 1300. The van der Waals surface area contributed by atoms with Crippen molar-refractivity contribution in [2.75, 3.05) is 4.90 Å². The lowest BCUT2D eigenvalue weighted by Gasteiger charge is -2.19. The lowest BCUT2D eigenvalue weighted by Crippen LogP contribution is -2.32. The van der Waals surface area contributed by atoms with Crippen molar-refractivity contribution in [1.82, 2.24) is 5.32 Å². The molecule has 9 heteroatoms. The molecule has 1 aromatic heterocycles. The Morgan fingerprint density at radius 3 is 2.65 bits per heavy atom. The largest absolute Gasteiger partial charge is 0.467 e. The molecule has 0 bridgehead atoms. The van der Waals surface area contributed by atoms with Gasteiger partial charge in [0, 0.05) is 15.7 Å². The van der Waals surface area contributed by atoms with Gasteiger partial charge in [0.05, 0.1) is 18.1 Å². The van der Waals surface area contributed by atoms with Gasteiger partial charge in [-0.05, 0) is 61.4 Å². The lowest BCUT2D eigenvalue weighted by molar-refractivity contribution is -0.117. The highest BCUT2D eigenvalue weighted by molar-refractivity contribution is 8.05. The number of carbonyl (C=O) groups excluding carboxylic acids is 2. The van der Waals surface area contributed by atoms with Crippen LogP contribution in [0, 0.1) is 18.3 Å². The summed E-state index contributed by atoms with van der Waals surface area (Å²) in [5, 5.41) is 13.3. The molecule has 1 N–H and O–H groups in total. The van der Waals surface area contributed by atoms with Crippen LogP contribution >= 0.6 is 35.0 Å². The van der Waals surface area contributed by atoms with Gasteiger partial charge in [-0.25, -0.2) is 0 Å². The number of furan rings is 1. The average molecular weight is 512 g/mol. The number of hydrogen-bond donors (Lipinski definition) is 1. The van der Waals surface area contributed by atoms with Crippen LogP contribution in [0.4, 0.5) is 5.69 Å². The number of aryl methyl sites for hydroxylation is 1. The second-order valence-corrected chi connectivity index (χ2v) is 9.64. The van der Waals surface area contributed by atoms with Crippen LogP contribution in [0.3, 0.4) is 0 Å². The second kappa shape index (κ2) is 10.4. The molecule has 0 saturated carbocycles. The number of thioether (sulfide) groups is 1. The highest BCUT2D eigenvalue weighted by atomic mass is 35.5. The van der Waals surface area contributed by atoms with Crippen molar-refractivity contribution in [2.45, 2.75) is 25.1 Å². The van der Waals surface area contributed by atoms with Gasteiger partial charge in [-0.1, -0.05) is 52.7 Å². The van der Waals surface area contributed by atoms with Crippen molar-refractivity contribution >= 4 is 52.5 Å². The van der Waals surface area contributed by atoms with E-state index in [1.807, 2.05) is 25.1 Å². The van der Waals surface area contributed by atoms with Crippen LogP contribution in [-0.4, -0.2) is 17.1 Å². The number of hydrogen-bond acceptors (Lipinski definition) is 5. The van der Waals surface area contributed by atoms with Gasteiger partial charge in [0.25, 0.3) is 5.91 Å². The molecule has 1 aliphatic rings. The predicted molar refractivity (Wildman–Crippen MR) is 133 cm³/mol. The highest BCUT2D eigenvalue weighted by Gasteiger charge is 2.41. The molecule has 3 aromatic rings. The summed E-state index contributed by atoms with van der Waals surface area (Å²) < 4.78 is 5.24. The molecule has 0 aliphatic carbocycles. The van der Waals surface area contributed by atoms with Crippen LogP contribution in [0.1, 0.15) is 16.9 Å². The zero-order valence-electron chi connectivity index (χ0n) is 18.0. The maximum Gasteiger partial charge on any atom is 0.265 e. The maximum atomic E-state index is 13.5. The van der Waals surface area contributed by atoms with E-state index in [1.54, 1.807) is 42.5 Å². The molecular formula is C25H19Cl2N3O3S. The van der Waals surface area contributed by atoms with Crippen molar-refractivity contribution in [3.8, 4) is 6.07 Å². The molecule has 1 atom stereocenters. The van der Waals surface area contributed by atoms with Crippen LogP contribution in [0.2, 0.25) is 10.0 Å². The number of carbonyl (C=O) groups is 2. The molecule has 6 nitrogen and oxygen atoms in total. The summed E-state index contributed by atoms with van der Waals surface area (Å²) in [6, 6.07) is 17.8. The Kier molecular flexibility index (Phi) is 7.32. The first-order valence-electron chi connectivity index (χ1n) is 10.3. The van der Waals surface area contributed by atoms with E-state index in [0.717, 1.165) is 5.56 Å². The Hall–Kier alpha value is -3.18. The third-order valence-electron chi connectivity index (χ3n) is 5.21. The van der Waals surface area contributed by atoms with E-state index in [9.17, 15) is 14.9 Å². The fraction of sp³-hybridized carbons (Fsp3) is 0.160. The molecule has 2 heterocycles. The van der Waals surface area contributed by atoms with E-state index in [-0.39, 0.29) is 23.1 Å². The van der Waals surface area contributed by atoms with Crippen molar-refractivity contribution in [1.29, 1.82) is 5.26 Å². The van der Waals surface area contributed by atoms with E-state index in [2.05, 4.69) is 5.32 Å². The van der Waals surface area contributed by atoms with Crippen molar-refractivity contribution in [2.24, 2.45) is 0 Å². The molecule has 1 fully saturated rings. The van der Waals surface area contributed by atoms with Crippen LogP contribution in [-0.2, 0) is 22.6 Å². The molecule has 2 aromatic carbocycles. The minimum Gasteiger partial charge on any atom is -0.467 e. The molecule has 0 spiro atoms.